The third-order valence-electron chi connectivity index (χ3n) is 4.70. The first-order chi connectivity index (χ1) is 9.65. The lowest BCUT2D eigenvalue weighted by Gasteiger charge is -2.35. The molecule has 20 heavy (non-hydrogen) atoms. The van der Waals surface area contributed by atoms with Gasteiger partial charge in [-0.25, -0.2) is 0 Å². The second kappa shape index (κ2) is 9.35. The van der Waals surface area contributed by atoms with Crippen LogP contribution in [-0.4, -0.2) is 30.7 Å². The van der Waals surface area contributed by atoms with Crippen molar-refractivity contribution in [3.8, 4) is 0 Å². The fourth-order valence-corrected chi connectivity index (χ4v) is 3.36. The van der Waals surface area contributed by atoms with E-state index in [1.54, 1.807) is 0 Å². The minimum atomic E-state index is 0.0412. The Balaban J connectivity index is 2.37. The van der Waals surface area contributed by atoms with Crippen LogP contribution in [-0.2, 0) is 4.79 Å². The van der Waals surface area contributed by atoms with Gasteiger partial charge in [0.05, 0.1) is 0 Å². The summed E-state index contributed by atoms with van der Waals surface area (Å²) in [6, 6.07) is 0. The normalized spacial score (nSPS) is 19.6. The summed E-state index contributed by atoms with van der Waals surface area (Å²) in [5, 5.41) is 12.1. The standard InChI is InChI=1S/C16H32N2O2/c1-2-6-14(7-10-19)12-18-15(20)11-16(13-17)8-4-3-5-9-16/h14,19H,2-13,17H2,1H3,(H,18,20). The lowest BCUT2D eigenvalue weighted by molar-refractivity contribution is -0.124. The molecule has 4 N–H and O–H groups in total. The first-order valence-electron chi connectivity index (χ1n) is 8.23. The van der Waals surface area contributed by atoms with Crippen molar-refractivity contribution in [2.75, 3.05) is 19.7 Å². The number of nitrogens with two attached hydrogens (primary N) is 1. The van der Waals surface area contributed by atoms with Crippen LogP contribution in [0, 0.1) is 11.3 Å². The molecule has 0 spiro atoms. The van der Waals surface area contributed by atoms with E-state index in [4.69, 9.17) is 10.8 Å². The summed E-state index contributed by atoms with van der Waals surface area (Å²) in [7, 11) is 0. The van der Waals surface area contributed by atoms with Gasteiger partial charge in [0, 0.05) is 19.6 Å². The Kier molecular flexibility index (Phi) is 8.15. The smallest absolute Gasteiger partial charge is 0.220 e. The molecule has 0 aromatic carbocycles. The zero-order valence-electron chi connectivity index (χ0n) is 13.0. The van der Waals surface area contributed by atoms with Crippen molar-refractivity contribution in [3.05, 3.63) is 0 Å². The summed E-state index contributed by atoms with van der Waals surface area (Å²) in [6.07, 6.45) is 9.35. The number of amides is 1. The average molecular weight is 284 g/mol. The highest BCUT2D eigenvalue weighted by Gasteiger charge is 2.32. The lowest BCUT2D eigenvalue weighted by atomic mass is 9.71. The highest BCUT2D eigenvalue weighted by Crippen LogP contribution is 2.38. The number of carbonyl (C=O) groups excluding carboxylic acids is 1. The van der Waals surface area contributed by atoms with Crippen molar-refractivity contribution in [3.63, 3.8) is 0 Å². The maximum Gasteiger partial charge on any atom is 0.220 e. The van der Waals surface area contributed by atoms with E-state index in [1.807, 2.05) is 0 Å². The Labute approximate surface area is 123 Å². The van der Waals surface area contributed by atoms with E-state index in [9.17, 15) is 4.79 Å². The third-order valence-corrected chi connectivity index (χ3v) is 4.70. The Bertz CT molecular complexity index is 270. The van der Waals surface area contributed by atoms with Gasteiger partial charge in [-0.1, -0.05) is 32.6 Å². The Morgan fingerprint density at radius 3 is 2.55 bits per heavy atom. The molecule has 1 saturated carbocycles. The van der Waals surface area contributed by atoms with Gasteiger partial charge in [-0.2, -0.15) is 0 Å². The first kappa shape index (κ1) is 17.4. The molecule has 4 nitrogen and oxygen atoms in total. The second-order valence-electron chi connectivity index (χ2n) is 6.41. The zero-order chi connectivity index (χ0) is 14.8. The Morgan fingerprint density at radius 2 is 2.00 bits per heavy atom. The summed E-state index contributed by atoms with van der Waals surface area (Å²) in [6.45, 7) is 3.65. The molecule has 0 bridgehead atoms. The second-order valence-corrected chi connectivity index (χ2v) is 6.41. The van der Waals surface area contributed by atoms with Gasteiger partial charge in [-0.05, 0) is 43.6 Å². The van der Waals surface area contributed by atoms with Crippen LogP contribution in [0.1, 0.15) is 64.7 Å². The van der Waals surface area contributed by atoms with Gasteiger partial charge in [-0.3, -0.25) is 4.79 Å². The van der Waals surface area contributed by atoms with E-state index in [-0.39, 0.29) is 17.9 Å². The average Bonchev–Trinajstić information content (AvgIpc) is 2.46. The molecule has 0 aliphatic heterocycles. The first-order valence-corrected chi connectivity index (χ1v) is 8.23. The SMILES string of the molecule is CCCC(CCO)CNC(=O)CC1(CN)CCCCC1. The highest BCUT2D eigenvalue weighted by atomic mass is 16.3. The van der Waals surface area contributed by atoms with E-state index in [0.717, 1.165) is 32.1 Å². The van der Waals surface area contributed by atoms with Gasteiger partial charge in [0.1, 0.15) is 0 Å². The van der Waals surface area contributed by atoms with Crippen molar-refractivity contribution in [1.82, 2.24) is 5.32 Å². The van der Waals surface area contributed by atoms with E-state index >= 15 is 0 Å². The molecule has 0 saturated heterocycles. The predicted octanol–water partition coefficient (Wildman–Crippen LogP) is 2.20. The number of hydrogen-bond donors (Lipinski definition) is 3. The van der Waals surface area contributed by atoms with E-state index in [1.165, 1.54) is 19.3 Å². The third kappa shape index (κ3) is 5.80. The van der Waals surface area contributed by atoms with E-state index in [2.05, 4.69) is 12.2 Å². The summed E-state index contributed by atoms with van der Waals surface area (Å²) >= 11 is 0. The molecular weight excluding hydrogens is 252 g/mol. The number of nitrogens with one attached hydrogen (secondary N) is 1. The largest absolute Gasteiger partial charge is 0.396 e. The van der Waals surface area contributed by atoms with Gasteiger partial charge >= 0.3 is 0 Å². The van der Waals surface area contributed by atoms with Gasteiger partial charge in [0.2, 0.25) is 5.91 Å². The van der Waals surface area contributed by atoms with Crippen LogP contribution in [0.3, 0.4) is 0 Å². The molecule has 1 aliphatic rings. The molecule has 1 rings (SSSR count). The van der Waals surface area contributed by atoms with Crippen LogP contribution in [0.15, 0.2) is 0 Å². The zero-order valence-corrected chi connectivity index (χ0v) is 13.0. The number of carbonyl (C=O) groups is 1. The maximum atomic E-state index is 12.2. The molecular formula is C16H32N2O2. The van der Waals surface area contributed by atoms with Gasteiger partial charge in [-0.15, -0.1) is 0 Å². The molecule has 1 amide bonds. The van der Waals surface area contributed by atoms with Crippen LogP contribution >= 0.6 is 0 Å². The van der Waals surface area contributed by atoms with Crippen LogP contribution < -0.4 is 11.1 Å². The van der Waals surface area contributed by atoms with Gasteiger partial charge in [0.15, 0.2) is 0 Å². The molecule has 118 valence electrons. The molecule has 1 atom stereocenters. The van der Waals surface area contributed by atoms with Crippen LogP contribution in [0.5, 0.6) is 0 Å². The van der Waals surface area contributed by atoms with Crippen molar-refractivity contribution in [2.45, 2.75) is 64.7 Å². The fourth-order valence-electron chi connectivity index (χ4n) is 3.36. The molecule has 0 heterocycles. The van der Waals surface area contributed by atoms with Crippen molar-refractivity contribution in [1.29, 1.82) is 0 Å². The molecule has 1 unspecified atom stereocenters. The van der Waals surface area contributed by atoms with E-state index in [0.29, 0.717) is 25.4 Å². The number of aliphatic hydroxyl groups is 1. The fraction of sp³-hybridized carbons (Fsp3) is 0.938. The monoisotopic (exact) mass is 284 g/mol. The quantitative estimate of drug-likeness (QED) is 0.607. The molecule has 1 aliphatic carbocycles. The Morgan fingerprint density at radius 1 is 1.30 bits per heavy atom. The molecule has 0 aromatic rings. The summed E-state index contributed by atoms with van der Waals surface area (Å²) < 4.78 is 0. The number of aliphatic hydroxyl groups excluding tert-OH is 1. The van der Waals surface area contributed by atoms with Crippen molar-refractivity contribution in [2.24, 2.45) is 17.1 Å². The van der Waals surface area contributed by atoms with Crippen molar-refractivity contribution < 1.29 is 9.90 Å². The Hall–Kier alpha value is -0.610. The lowest BCUT2D eigenvalue weighted by Crippen LogP contribution is -2.39. The maximum absolute atomic E-state index is 12.2. The van der Waals surface area contributed by atoms with Gasteiger partial charge in [0.25, 0.3) is 0 Å². The summed E-state index contributed by atoms with van der Waals surface area (Å²) in [4.78, 5) is 12.2. The van der Waals surface area contributed by atoms with Crippen LogP contribution in [0.2, 0.25) is 0 Å². The molecule has 1 fully saturated rings. The predicted molar refractivity (Wildman–Crippen MR) is 82.3 cm³/mol. The summed E-state index contributed by atoms with van der Waals surface area (Å²) in [5.41, 5.74) is 5.97. The topological polar surface area (TPSA) is 75.3 Å². The van der Waals surface area contributed by atoms with E-state index < -0.39 is 0 Å². The highest BCUT2D eigenvalue weighted by molar-refractivity contribution is 5.76. The number of rotatable bonds is 9. The van der Waals surface area contributed by atoms with Crippen LogP contribution in [0.4, 0.5) is 0 Å². The van der Waals surface area contributed by atoms with Gasteiger partial charge < -0.3 is 16.2 Å². The summed E-state index contributed by atoms with van der Waals surface area (Å²) in [5.74, 6) is 0.533. The molecule has 0 radical (unpaired) electrons. The molecule has 4 heteroatoms. The minimum Gasteiger partial charge on any atom is -0.396 e. The van der Waals surface area contributed by atoms with Crippen LogP contribution in [0.25, 0.3) is 0 Å². The minimum absolute atomic E-state index is 0.0412. The molecule has 0 aromatic heterocycles. The van der Waals surface area contributed by atoms with Crippen molar-refractivity contribution >= 4 is 5.91 Å². The number of hydrogen-bond acceptors (Lipinski definition) is 3.